The monoisotopic (exact) mass is 446 g/mol. The second-order valence-electron chi connectivity index (χ2n) is 7.79. The van der Waals surface area contributed by atoms with Crippen LogP contribution in [0.5, 0.6) is 0 Å². The number of aliphatic carboxylic acids is 1. The van der Waals surface area contributed by atoms with Crippen LogP contribution in [0.3, 0.4) is 0 Å². The molecule has 172 valence electrons. The predicted octanol–water partition coefficient (Wildman–Crippen LogP) is -0.933. The number of aliphatic hydroxyl groups excluding tert-OH is 1. The number of carbonyl (C=O) groups excluding carboxylic acids is 3. The molecule has 1 saturated heterocycles. The molecule has 11 heteroatoms. The fourth-order valence-corrected chi connectivity index (χ4v) is 3.57. The highest BCUT2D eigenvalue weighted by atomic mass is 32.2. The third-order valence-electron chi connectivity index (χ3n) is 4.91. The van der Waals surface area contributed by atoms with Crippen LogP contribution in [0.4, 0.5) is 0 Å². The molecule has 6 N–H and O–H groups in total. The quantitative estimate of drug-likeness (QED) is 0.224. The van der Waals surface area contributed by atoms with E-state index in [0.717, 1.165) is 6.42 Å². The van der Waals surface area contributed by atoms with Gasteiger partial charge in [-0.25, -0.2) is 4.79 Å². The van der Waals surface area contributed by atoms with E-state index in [9.17, 15) is 29.4 Å². The number of carboxylic acid groups (broad SMARTS) is 1. The van der Waals surface area contributed by atoms with Gasteiger partial charge in [-0.2, -0.15) is 11.8 Å². The van der Waals surface area contributed by atoms with Crippen LogP contribution < -0.4 is 21.3 Å². The topological polar surface area (TPSA) is 157 Å². The maximum atomic E-state index is 12.7. The van der Waals surface area contributed by atoms with Crippen molar-refractivity contribution < 1.29 is 29.4 Å². The molecule has 1 rings (SSSR count). The summed E-state index contributed by atoms with van der Waals surface area (Å²) in [5.41, 5.74) is 0. The zero-order valence-electron chi connectivity index (χ0n) is 17.9. The molecule has 0 aromatic heterocycles. The lowest BCUT2D eigenvalue weighted by atomic mass is 10.0. The number of hydrogen-bond donors (Lipinski definition) is 6. The predicted molar refractivity (Wildman–Crippen MR) is 114 cm³/mol. The number of rotatable bonds is 12. The SMILES string of the molecule is CSCCC(NC(=O)C(NC(=O)C(NC(=O)C1CCCN1)C(C)O)C(C)C)C(=O)O. The molecule has 0 spiro atoms. The second kappa shape index (κ2) is 12.8. The van der Waals surface area contributed by atoms with Gasteiger partial charge in [0, 0.05) is 0 Å². The van der Waals surface area contributed by atoms with Crippen LogP contribution in [-0.4, -0.2) is 82.7 Å². The smallest absolute Gasteiger partial charge is 0.326 e. The molecule has 1 fully saturated rings. The summed E-state index contributed by atoms with van der Waals surface area (Å²) >= 11 is 1.47. The Kier molecular flexibility index (Phi) is 11.1. The van der Waals surface area contributed by atoms with Gasteiger partial charge in [0.05, 0.1) is 12.1 Å². The molecule has 10 nitrogen and oxygen atoms in total. The molecule has 5 unspecified atom stereocenters. The summed E-state index contributed by atoms with van der Waals surface area (Å²) in [7, 11) is 0. The zero-order valence-corrected chi connectivity index (χ0v) is 18.8. The molecule has 30 heavy (non-hydrogen) atoms. The van der Waals surface area contributed by atoms with Crippen LogP contribution >= 0.6 is 11.8 Å². The highest BCUT2D eigenvalue weighted by molar-refractivity contribution is 7.98. The number of carbonyl (C=O) groups is 4. The minimum absolute atomic E-state index is 0.252. The highest BCUT2D eigenvalue weighted by Crippen LogP contribution is 2.08. The van der Waals surface area contributed by atoms with E-state index in [1.807, 2.05) is 6.26 Å². The number of carboxylic acids is 1. The van der Waals surface area contributed by atoms with E-state index in [0.29, 0.717) is 18.7 Å². The van der Waals surface area contributed by atoms with Crippen molar-refractivity contribution in [1.82, 2.24) is 21.3 Å². The van der Waals surface area contributed by atoms with Crippen molar-refractivity contribution in [1.29, 1.82) is 0 Å². The van der Waals surface area contributed by atoms with E-state index < -0.39 is 48.1 Å². The van der Waals surface area contributed by atoms with E-state index in [1.54, 1.807) is 13.8 Å². The first-order valence-corrected chi connectivity index (χ1v) is 11.5. The number of aliphatic hydroxyl groups is 1. The molecule has 0 aliphatic carbocycles. The molecular weight excluding hydrogens is 412 g/mol. The molecule has 1 aliphatic rings. The van der Waals surface area contributed by atoms with Gasteiger partial charge < -0.3 is 31.5 Å². The molecule has 0 saturated carbocycles. The van der Waals surface area contributed by atoms with Crippen molar-refractivity contribution in [2.24, 2.45) is 5.92 Å². The molecule has 0 bridgehead atoms. The Balaban J connectivity index is 2.82. The van der Waals surface area contributed by atoms with Crippen molar-refractivity contribution in [3.63, 3.8) is 0 Å². The molecule has 5 atom stereocenters. The van der Waals surface area contributed by atoms with Gasteiger partial charge in [0.2, 0.25) is 17.7 Å². The first-order valence-electron chi connectivity index (χ1n) is 10.1. The third kappa shape index (κ3) is 8.11. The largest absolute Gasteiger partial charge is 0.480 e. The summed E-state index contributed by atoms with van der Waals surface area (Å²) in [5, 5.41) is 29.9. The van der Waals surface area contributed by atoms with E-state index in [-0.39, 0.29) is 18.2 Å². The highest BCUT2D eigenvalue weighted by Gasteiger charge is 2.34. The summed E-state index contributed by atoms with van der Waals surface area (Å²) in [5.74, 6) is -2.65. The van der Waals surface area contributed by atoms with Gasteiger partial charge >= 0.3 is 5.97 Å². The molecule has 3 amide bonds. The van der Waals surface area contributed by atoms with Crippen LogP contribution in [-0.2, 0) is 19.2 Å². The number of nitrogens with one attached hydrogen (secondary N) is 4. The minimum atomic E-state index is -1.24. The Bertz CT molecular complexity index is 610. The normalized spacial score (nSPS) is 20.1. The van der Waals surface area contributed by atoms with E-state index in [4.69, 9.17) is 0 Å². The minimum Gasteiger partial charge on any atom is -0.480 e. The lowest BCUT2D eigenvalue weighted by molar-refractivity contribution is -0.142. The van der Waals surface area contributed by atoms with Crippen LogP contribution in [0, 0.1) is 5.92 Å². The van der Waals surface area contributed by atoms with Crippen LogP contribution in [0.25, 0.3) is 0 Å². The summed E-state index contributed by atoms with van der Waals surface area (Å²) < 4.78 is 0. The molecule has 1 heterocycles. The standard InChI is InChI=1S/C19H34N4O6S/c1-10(2)14(17(26)21-13(19(28)29)7-9-30-4)22-18(27)15(11(3)24)23-16(25)12-6-5-8-20-12/h10-15,20,24H,5-9H2,1-4H3,(H,21,26)(H,22,27)(H,23,25)(H,28,29). The lowest BCUT2D eigenvalue weighted by Crippen LogP contribution is -2.60. The Labute approximate surface area is 181 Å². The van der Waals surface area contributed by atoms with Gasteiger partial charge in [0.25, 0.3) is 0 Å². The van der Waals surface area contributed by atoms with Crippen LogP contribution in [0.2, 0.25) is 0 Å². The first kappa shape index (κ1) is 26.2. The van der Waals surface area contributed by atoms with E-state index >= 15 is 0 Å². The van der Waals surface area contributed by atoms with Gasteiger partial charge in [-0.1, -0.05) is 13.8 Å². The van der Waals surface area contributed by atoms with Gasteiger partial charge in [-0.05, 0) is 50.7 Å². The van der Waals surface area contributed by atoms with Crippen molar-refractivity contribution >= 4 is 35.5 Å². The third-order valence-corrected chi connectivity index (χ3v) is 5.56. The van der Waals surface area contributed by atoms with Crippen molar-refractivity contribution in [2.45, 2.75) is 70.3 Å². The molecule has 0 radical (unpaired) electrons. The Hall–Kier alpha value is -1.85. The van der Waals surface area contributed by atoms with Gasteiger partial charge in [0.15, 0.2) is 0 Å². The summed E-state index contributed by atoms with van der Waals surface area (Å²) in [4.78, 5) is 49.1. The Morgan fingerprint density at radius 2 is 1.70 bits per heavy atom. The average molecular weight is 447 g/mol. The lowest BCUT2D eigenvalue weighted by Gasteiger charge is -2.28. The number of amides is 3. The van der Waals surface area contributed by atoms with Crippen LogP contribution in [0.1, 0.15) is 40.0 Å². The molecule has 0 aromatic rings. The Morgan fingerprint density at radius 3 is 2.17 bits per heavy atom. The summed E-state index contributed by atoms with van der Waals surface area (Å²) in [6, 6.07) is -3.74. The van der Waals surface area contributed by atoms with E-state index in [2.05, 4.69) is 21.3 Å². The molecular formula is C19H34N4O6S. The average Bonchev–Trinajstić information content (AvgIpc) is 3.20. The van der Waals surface area contributed by atoms with E-state index in [1.165, 1.54) is 18.7 Å². The second-order valence-corrected chi connectivity index (χ2v) is 8.77. The van der Waals surface area contributed by atoms with Gasteiger partial charge in [-0.15, -0.1) is 0 Å². The maximum absolute atomic E-state index is 12.7. The van der Waals surface area contributed by atoms with Gasteiger partial charge in [0.1, 0.15) is 18.1 Å². The van der Waals surface area contributed by atoms with Gasteiger partial charge in [-0.3, -0.25) is 14.4 Å². The van der Waals surface area contributed by atoms with Crippen molar-refractivity contribution in [3.05, 3.63) is 0 Å². The fraction of sp³-hybridized carbons (Fsp3) is 0.789. The number of thioether (sulfide) groups is 1. The van der Waals surface area contributed by atoms with Crippen molar-refractivity contribution in [3.8, 4) is 0 Å². The maximum Gasteiger partial charge on any atom is 0.326 e. The summed E-state index contributed by atoms with van der Waals surface area (Å²) in [6.07, 6.45) is 2.40. The fourth-order valence-electron chi connectivity index (χ4n) is 3.10. The zero-order chi connectivity index (χ0) is 22.8. The number of hydrogen-bond acceptors (Lipinski definition) is 7. The molecule has 1 aliphatic heterocycles. The summed E-state index contributed by atoms with van der Waals surface area (Å²) in [6.45, 7) is 5.50. The molecule has 0 aromatic carbocycles. The Morgan fingerprint density at radius 1 is 1.07 bits per heavy atom. The van der Waals surface area contributed by atoms with Crippen LogP contribution in [0.15, 0.2) is 0 Å². The van der Waals surface area contributed by atoms with Crippen molar-refractivity contribution in [2.75, 3.05) is 18.6 Å². The first-order chi connectivity index (χ1) is 14.1.